The van der Waals surface area contributed by atoms with Gasteiger partial charge in [0.2, 0.25) is 0 Å². The number of rotatable bonds is 3. The minimum atomic E-state index is -0.363. The molecule has 0 amide bonds. The molecule has 0 saturated carbocycles. The van der Waals surface area contributed by atoms with E-state index in [1.165, 1.54) is 0 Å². The van der Waals surface area contributed by atoms with Crippen LogP contribution in [0.15, 0.2) is 18.5 Å². The van der Waals surface area contributed by atoms with Crippen molar-refractivity contribution in [2.24, 2.45) is 7.05 Å². The van der Waals surface area contributed by atoms with Gasteiger partial charge in [-0.05, 0) is 20.3 Å². The van der Waals surface area contributed by atoms with Crippen molar-refractivity contribution in [3.8, 4) is 0 Å². The maximum absolute atomic E-state index is 6.06. The molecule has 118 valence electrons. The lowest BCUT2D eigenvalue weighted by atomic mass is 9.97. The van der Waals surface area contributed by atoms with E-state index < -0.39 is 0 Å². The van der Waals surface area contributed by atoms with Gasteiger partial charge in [0, 0.05) is 37.1 Å². The number of nitrogens with zero attached hydrogens (tertiary/aromatic N) is 5. The molecule has 1 unspecified atom stereocenters. The van der Waals surface area contributed by atoms with Crippen LogP contribution in [0.5, 0.6) is 0 Å². The topological polar surface area (TPSA) is 56.1 Å². The largest absolute Gasteiger partial charge is 0.367 e. The van der Waals surface area contributed by atoms with E-state index >= 15 is 0 Å². The first-order chi connectivity index (χ1) is 10.5. The van der Waals surface area contributed by atoms with Gasteiger partial charge in [-0.2, -0.15) is 5.10 Å². The fourth-order valence-electron chi connectivity index (χ4n) is 2.89. The minimum Gasteiger partial charge on any atom is -0.367 e. The van der Waals surface area contributed by atoms with Crippen LogP contribution in [-0.2, 0) is 23.8 Å². The van der Waals surface area contributed by atoms with Gasteiger partial charge in [0.15, 0.2) is 0 Å². The molecular formula is C16H23N5O. The summed E-state index contributed by atoms with van der Waals surface area (Å²) in [6, 6.07) is 2.09. The van der Waals surface area contributed by atoms with Crippen molar-refractivity contribution in [3.63, 3.8) is 0 Å². The molecule has 1 fully saturated rings. The first-order valence-corrected chi connectivity index (χ1v) is 7.73. The first-order valence-electron chi connectivity index (χ1n) is 7.73. The lowest BCUT2D eigenvalue weighted by Gasteiger charge is -2.40. The molecule has 1 saturated heterocycles. The average Bonchev–Trinajstić information content (AvgIpc) is 2.94. The number of hydrogen-bond donors (Lipinski definition) is 0. The van der Waals surface area contributed by atoms with Crippen molar-refractivity contribution in [1.82, 2.24) is 19.7 Å². The van der Waals surface area contributed by atoms with Crippen LogP contribution in [-0.4, -0.2) is 39.4 Å². The van der Waals surface area contributed by atoms with E-state index in [4.69, 9.17) is 4.74 Å². The van der Waals surface area contributed by atoms with Gasteiger partial charge in [-0.3, -0.25) is 4.68 Å². The molecule has 1 aliphatic rings. The minimum absolute atomic E-state index is 0.363. The van der Waals surface area contributed by atoms with Gasteiger partial charge >= 0.3 is 0 Å². The molecule has 6 heteroatoms. The van der Waals surface area contributed by atoms with Gasteiger partial charge < -0.3 is 9.64 Å². The number of morpholine rings is 1. The Morgan fingerprint density at radius 1 is 1.36 bits per heavy atom. The van der Waals surface area contributed by atoms with E-state index in [9.17, 15) is 0 Å². The summed E-state index contributed by atoms with van der Waals surface area (Å²) in [6.07, 6.45) is 4.82. The third kappa shape index (κ3) is 2.83. The van der Waals surface area contributed by atoms with Gasteiger partial charge in [0.05, 0.1) is 19.3 Å². The lowest BCUT2D eigenvalue weighted by molar-refractivity contribution is -0.0468. The van der Waals surface area contributed by atoms with Crippen molar-refractivity contribution < 1.29 is 4.74 Å². The van der Waals surface area contributed by atoms with Gasteiger partial charge in [-0.25, -0.2) is 9.97 Å². The van der Waals surface area contributed by atoms with Crippen LogP contribution in [0.3, 0.4) is 0 Å². The fraction of sp³-hybridized carbons (Fsp3) is 0.562. The molecule has 3 rings (SSSR count). The summed E-state index contributed by atoms with van der Waals surface area (Å²) in [5, 5.41) is 4.27. The molecule has 3 heterocycles. The summed E-state index contributed by atoms with van der Waals surface area (Å²) in [7, 11) is 1.93. The first kappa shape index (κ1) is 15.0. The van der Waals surface area contributed by atoms with Gasteiger partial charge in [-0.15, -0.1) is 0 Å². The van der Waals surface area contributed by atoms with Crippen molar-refractivity contribution in [2.45, 2.75) is 32.8 Å². The fourth-order valence-corrected chi connectivity index (χ4v) is 2.89. The van der Waals surface area contributed by atoms with E-state index in [0.717, 1.165) is 42.4 Å². The second kappa shape index (κ2) is 5.68. The number of anilines is 1. The Labute approximate surface area is 131 Å². The normalized spacial score (nSPS) is 22.1. The van der Waals surface area contributed by atoms with E-state index in [2.05, 4.69) is 39.9 Å². The van der Waals surface area contributed by atoms with Crippen molar-refractivity contribution >= 4 is 5.82 Å². The van der Waals surface area contributed by atoms with Gasteiger partial charge in [-0.1, -0.05) is 6.92 Å². The molecule has 2 aromatic rings. The van der Waals surface area contributed by atoms with Crippen LogP contribution < -0.4 is 4.90 Å². The second-order valence-corrected chi connectivity index (χ2v) is 6.02. The Bertz CT molecular complexity index is 668. The van der Waals surface area contributed by atoms with Crippen LogP contribution in [0.2, 0.25) is 0 Å². The number of aryl methyl sites for hydroxylation is 3. The smallest absolute Gasteiger partial charge is 0.132 e. The Kier molecular flexibility index (Phi) is 3.87. The van der Waals surface area contributed by atoms with Crippen molar-refractivity contribution in [2.75, 3.05) is 24.6 Å². The molecule has 6 nitrogen and oxygen atoms in total. The molecule has 22 heavy (non-hydrogen) atoms. The Hall–Kier alpha value is -1.95. The highest BCUT2D eigenvalue weighted by molar-refractivity contribution is 5.42. The zero-order valence-electron chi connectivity index (χ0n) is 13.7. The van der Waals surface area contributed by atoms with Gasteiger partial charge in [0.1, 0.15) is 17.2 Å². The SMILES string of the molecule is CCc1cc(N2CCOC(C)(c3cnn(C)c3)C2)nc(C)n1. The molecule has 0 aliphatic carbocycles. The third-order valence-electron chi connectivity index (χ3n) is 4.15. The highest BCUT2D eigenvalue weighted by Crippen LogP contribution is 2.31. The third-order valence-corrected chi connectivity index (χ3v) is 4.15. The zero-order valence-corrected chi connectivity index (χ0v) is 13.7. The van der Waals surface area contributed by atoms with E-state index in [0.29, 0.717) is 6.61 Å². The number of hydrogen-bond acceptors (Lipinski definition) is 5. The molecule has 0 radical (unpaired) electrons. The summed E-state index contributed by atoms with van der Waals surface area (Å²) in [4.78, 5) is 11.4. The van der Waals surface area contributed by atoms with Crippen molar-refractivity contribution in [3.05, 3.63) is 35.5 Å². The van der Waals surface area contributed by atoms with Gasteiger partial charge in [0.25, 0.3) is 0 Å². The summed E-state index contributed by atoms with van der Waals surface area (Å²) in [5.74, 6) is 1.81. The Balaban J connectivity index is 1.88. The van der Waals surface area contributed by atoms with Crippen LogP contribution in [0.4, 0.5) is 5.82 Å². The molecule has 2 aromatic heterocycles. The van der Waals surface area contributed by atoms with Crippen LogP contribution in [0, 0.1) is 6.92 Å². The lowest BCUT2D eigenvalue weighted by Crippen LogP contribution is -2.48. The summed E-state index contributed by atoms with van der Waals surface area (Å²) < 4.78 is 7.88. The van der Waals surface area contributed by atoms with Crippen LogP contribution >= 0.6 is 0 Å². The highest BCUT2D eigenvalue weighted by Gasteiger charge is 2.35. The van der Waals surface area contributed by atoms with E-state index in [-0.39, 0.29) is 5.60 Å². The van der Waals surface area contributed by atoms with E-state index in [1.807, 2.05) is 31.0 Å². The summed E-state index contributed by atoms with van der Waals surface area (Å²) >= 11 is 0. The zero-order chi connectivity index (χ0) is 15.7. The molecule has 1 aliphatic heterocycles. The molecule has 0 bridgehead atoms. The monoisotopic (exact) mass is 301 g/mol. The molecule has 1 atom stereocenters. The average molecular weight is 301 g/mol. The highest BCUT2D eigenvalue weighted by atomic mass is 16.5. The predicted molar refractivity (Wildman–Crippen MR) is 84.9 cm³/mol. The number of ether oxygens (including phenoxy) is 1. The standard InChI is InChI=1S/C16H23N5O/c1-5-14-8-15(19-12(2)18-14)21-6-7-22-16(3,11-21)13-9-17-20(4)10-13/h8-10H,5-7,11H2,1-4H3. The molecular weight excluding hydrogens is 278 g/mol. The Morgan fingerprint density at radius 3 is 2.86 bits per heavy atom. The maximum Gasteiger partial charge on any atom is 0.132 e. The van der Waals surface area contributed by atoms with Crippen LogP contribution in [0.1, 0.15) is 30.9 Å². The summed E-state index contributed by atoms with van der Waals surface area (Å²) in [6.45, 7) is 8.46. The second-order valence-electron chi connectivity index (χ2n) is 6.02. The van der Waals surface area contributed by atoms with E-state index in [1.54, 1.807) is 0 Å². The summed E-state index contributed by atoms with van der Waals surface area (Å²) in [5.41, 5.74) is 1.82. The molecule has 0 N–H and O–H groups in total. The predicted octanol–water partition coefficient (Wildman–Crippen LogP) is 1.83. The van der Waals surface area contributed by atoms with Crippen molar-refractivity contribution in [1.29, 1.82) is 0 Å². The number of aromatic nitrogens is 4. The Morgan fingerprint density at radius 2 is 2.18 bits per heavy atom. The maximum atomic E-state index is 6.06. The van der Waals surface area contributed by atoms with Crippen LogP contribution in [0.25, 0.3) is 0 Å². The molecule has 0 aromatic carbocycles. The molecule has 0 spiro atoms. The quantitative estimate of drug-likeness (QED) is 0.866.